The van der Waals surface area contributed by atoms with Gasteiger partial charge in [-0.15, -0.1) is 0 Å². The van der Waals surface area contributed by atoms with Gasteiger partial charge < -0.3 is 19.6 Å². The van der Waals surface area contributed by atoms with E-state index in [1.165, 1.54) is 4.90 Å². The van der Waals surface area contributed by atoms with Crippen molar-refractivity contribution in [2.24, 2.45) is 0 Å². The highest BCUT2D eigenvalue weighted by atomic mass is 16.5. The second kappa shape index (κ2) is 6.63. The van der Waals surface area contributed by atoms with Gasteiger partial charge in [-0.05, 0) is 14.0 Å². The maximum Gasteiger partial charge on any atom is 0.312 e. The summed E-state index contributed by atoms with van der Waals surface area (Å²) < 4.78 is 5.27. The molecule has 9 heteroatoms. The lowest BCUT2D eigenvalue weighted by molar-refractivity contribution is -0.156. The number of likely N-dealkylation sites (N-methyl/N-ethyl adjacent to an activating group) is 2. The van der Waals surface area contributed by atoms with Crippen molar-refractivity contribution in [2.45, 2.75) is 19.5 Å². The van der Waals surface area contributed by atoms with Gasteiger partial charge in [-0.3, -0.25) is 14.5 Å². The fraction of sp³-hybridized carbons (Fsp3) is 0.714. The van der Waals surface area contributed by atoms with E-state index in [0.717, 1.165) is 19.6 Å². The highest BCUT2D eigenvalue weighted by Crippen LogP contribution is 2.18. The number of hydrogen-bond acceptors (Lipinski definition) is 7. The molecule has 2 saturated heterocycles. The van der Waals surface area contributed by atoms with E-state index in [1.807, 2.05) is 14.0 Å². The number of nitrogens with zero attached hydrogens (tertiary/aromatic N) is 5. The quantitative estimate of drug-likeness (QED) is 0.698. The van der Waals surface area contributed by atoms with Gasteiger partial charge >= 0.3 is 11.8 Å². The van der Waals surface area contributed by atoms with Crippen LogP contribution in [0.3, 0.4) is 0 Å². The van der Waals surface area contributed by atoms with E-state index >= 15 is 0 Å². The second-order valence-electron chi connectivity index (χ2n) is 5.86. The van der Waals surface area contributed by atoms with Gasteiger partial charge in [0.25, 0.3) is 0 Å². The van der Waals surface area contributed by atoms with Crippen LogP contribution in [-0.4, -0.2) is 83.0 Å². The zero-order valence-corrected chi connectivity index (χ0v) is 13.5. The first-order valence-corrected chi connectivity index (χ1v) is 7.91. The van der Waals surface area contributed by atoms with Crippen LogP contribution in [0.25, 0.3) is 0 Å². The van der Waals surface area contributed by atoms with Crippen LogP contribution >= 0.6 is 0 Å². The first kappa shape index (κ1) is 15.9. The van der Waals surface area contributed by atoms with Crippen LogP contribution in [0.15, 0.2) is 4.52 Å². The van der Waals surface area contributed by atoms with Crippen molar-refractivity contribution in [3.63, 3.8) is 0 Å². The molecule has 1 N–H and O–H groups in total. The van der Waals surface area contributed by atoms with Gasteiger partial charge in [-0.25, -0.2) is 0 Å². The van der Waals surface area contributed by atoms with Crippen LogP contribution in [0.2, 0.25) is 0 Å². The molecule has 3 rings (SSSR count). The topological polar surface area (TPSA) is 94.8 Å². The first-order valence-electron chi connectivity index (χ1n) is 7.91. The number of nitrogens with one attached hydrogen (secondary N) is 1. The molecule has 0 aromatic carbocycles. The van der Waals surface area contributed by atoms with Gasteiger partial charge in [-0.1, -0.05) is 5.16 Å². The first-order chi connectivity index (χ1) is 11.1. The summed E-state index contributed by atoms with van der Waals surface area (Å²) in [5.41, 5.74) is 0. The van der Waals surface area contributed by atoms with Gasteiger partial charge in [0.15, 0.2) is 5.82 Å². The van der Waals surface area contributed by atoms with E-state index in [9.17, 15) is 9.59 Å². The fourth-order valence-electron chi connectivity index (χ4n) is 2.89. The van der Waals surface area contributed by atoms with Gasteiger partial charge in [-0.2, -0.15) is 4.98 Å². The summed E-state index contributed by atoms with van der Waals surface area (Å²) >= 11 is 0. The van der Waals surface area contributed by atoms with Crippen LogP contribution in [0, 0.1) is 0 Å². The molecule has 1 aromatic heterocycles. The molecule has 0 aliphatic carbocycles. The summed E-state index contributed by atoms with van der Waals surface area (Å²) in [4.78, 5) is 33.6. The van der Waals surface area contributed by atoms with Gasteiger partial charge in [0.05, 0.1) is 6.04 Å². The predicted octanol–water partition coefficient (Wildman–Crippen LogP) is -1.16. The standard InChI is InChI=1S/C14H22N6O3/c1-3-19-6-7-20(14(22)13(19)21)9-11-16-12(17-23-11)10-8-15-4-5-18(10)2/h10,15H,3-9H2,1-2H3. The normalized spacial score (nSPS) is 23.7. The molecular weight excluding hydrogens is 300 g/mol. The third kappa shape index (κ3) is 3.20. The zero-order chi connectivity index (χ0) is 16.4. The highest BCUT2D eigenvalue weighted by molar-refractivity contribution is 6.35. The lowest BCUT2D eigenvalue weighted by Gasteiger charge is -2.32. The number of hydrogen-bond donors (Lipinski definition) is 1. The number of piperazine rings is 2. The number of aromatic nitrogens is 2. The van der Waals surface area contributed by atoms with Gasteiger partial charge in [0, 0.05) is 39.3 Å². The second-order valence-corrected chi connectivity index (χ2v) is 5.86. The molecule has 0 saturated carbocycles. The molecule has 1 atom stereocenters. The van der Waals surface area contributed by atoms with Crippen molar-refractivity contribution in [1.82, 2.24) is 30.2 Å². The Morgan fingerprint density at radius 3 is 2.70 bits per heavy atom. The molecule has 0 spiro atoms. The minimum atomic E-state index is -0.505. The van der Waals surface area contributed by atoms with Crippen molar-refractivity contribution < 1.29 is 14.1 Å². The highest BCUT2D eigenvalue weighted by Gasteiger charge is 2.33. The molecule has 2 aliphatic rings. The predicted molar refractivity (Wildman–Crippen MR) is 80.2 cm³/mol. The van der Waals surface area contributed by atoms with Crippen LogP contribution in [-0.2, 0) is 16.1 Å². The molecule has 23 heavy (non-hydrogen) atoms. The molecule has 126 valence electrons. The average Bonchev–Trinajstić information content (AvgIpc) is 3.01. The van der Waals surface area contributed by atoms with Crippen molar-refractivity contribution in [3.8, 4) is 0 Å². The summed E-state index contributed by atoms with van der Waals surface area (Å²) in [7, 11) is 2.02. The van der Waals surface area contributed by atoms with E-state index in [4.69, 9.17) is 4.52 Å². The number of rotatable bonds is 4. The number of amides is 2. The van der Waals surface area contributed by atoms with E-state index in [-0.39, 0.29) is 12.6 Å². The van der Waals surface area contributed by atoms with Crippen molar-refractivity contribution >= 4 is 11.8 Å². The molecule has 0 radical (unpaired) electrons. The smallest absolute Gasteiger partial charge is 0.312 e. The SMILES string of the molecule is CCN1CCN(Cc2nc(C3CNCCN3C)no2)C(=O)C1=O. The van der Waals surface area contributed by atoms with E-state index in [0.29, 0.717) is 31.3 Å². The Bertz CT molecular complexity index is 589. The zero-order valence-electron chi connectivity index (χ0n) is 13.5. The fourth-order valence-corrected chi connectivity index (χ4v) is 2.89. The Kier molecular flexibility index (Phi) is 4.58. The third-order valence-corrected chi connectivity index (χ3v) is 4.40. The molecule has 2 amide bonds. The molecule has 0 bridgehead atoms. The minimum Gasteiger partial charge on any atom is -0.337 e. The van der Waals surface area contributed by atoms with Gasteiger partial charge in [0.1, 0.15) is 6.54 Å². The van der Waals surface area contributed by atoms with Crippen LogP contribution < -0.4 is 5.32 Å². The number of carbonyl (C=O) groups excluding carboxylic acids is 2. The molecule has 2 fully saturated rings. The summed E-state index contributed by atoms with van der Waals surface area (Å²) in [6.45, 7) is 6.24. The Morgan fingerprint density at radius 2 is 1.96 bits per heavy atom. The van der Waals surface area contributed by atoms with E-state index < -0.39 is 11.8 Å². The molecule has 9 nitrogen and oxygen atoms in total. The van der Waals surface area contributed by atoms with Crippen LogP contribution in [0.1, 0.15) is 24.7 Å². The summed E-state index contributed by atoms with van der Waals surface area (Å²) in [5, 5.41) is 7.33. The van der Waals surface area contributed by atoms with E-state index in [1.54, 1.807) is 4.90 Å². The summed E-state index contributed by atoms with van der Waals surface area (Å²) in [5.74, 6) is 0.00902. The average molecular weight is 322 g/mol. The third-order valence-electron chi connectivity index (χ3n) is 4.40. The molecule has 2 aliphatic heterocycles. The summed E-state index contributed by atoms with van der Waals surface area (Å²) in [6.07, 6.45) is 0. The molecule has 1 aromatic rings. The molecule has 1 unspecified atom stereocenters. The van der Waals surface area contributed by atoms with E-state index in [2.05, 4.69) is 20.4 Å². The molecular formula is C14H22N6O3. The lowest BCUT2D eigenvalue weighted by atomic mass is 10.2. The van der Waals surface area contributed by atoms with Crippen molar-refractivity contribution in [2.75, 3.05) is 46.3 Å². The van der Waals surface area contributed by atoms with Crippen molar-refractivity contribution in [1.29, 1.82) is 0 Å². The van der Waals surface area contributed by atoms with Crippen LogP contribution in [0.4, 0.5) is 0 Å². The van der Waals surface area contributed by atoms with Gasteiger partial charge in [0.2, 0.25) is 5.89 Å². The minimum absolute atomic E-state index is 0.0653. The number of carbonyl (C=O) groups is 2. The Labute approximate surface area is 134 Å². The lowest BCUT2D eigenvalue weighted by Crippen LogP contribution is -2.53. The summed E-state index contributed by atoms with van der Waals surface area (Å²) in [6, 6.07) is 0.0653. The maximum atomic E-state index is 12.1. The Morgan fingerprint density at radius 1 is 1.22 bits per heavy atom. The largest absolute Gasteiger partial charge is 0.337 e. The Balaban J connectivity index is 1.65. The Hall–Kier alpha value is -2.00. The van der Waals surface area contributed by atoms with Crippen LogP contribution in [0.5, 0.6) is 0 Å². The maximum absolute atomic E-state index is 12.1. The van der Waals surface area contributed by atoms with Crippen molar-refractivity contribution in [3.05, 3.63) is 11.7 Å². The monoisotopic (exact) mass is 322 g/mol. The molecule has 3 heterocycles.